The summed E-state index contributed by atoms with van der Waals surface area (Å²) in [7, 11) is 1.78. The van der Waals surface area contributed by atoms with Crippen molar-refractivity contribution in [1.29, 1.82) is 0 Å². The van der Waals surface area contributed by atoms with Crippen LogP contribution in [-0.2, 0) is 9.53 Å². The Kier molecular flexibility index (Phi) is 6.52. The van der Waals surface area contributed by atoms with Crippen molar-refractivity contribution in [2.24, 2.45) is 0 Å². The quantitative estimate of drug-likeness (QED) is 0.586. The minimum Gasteiger partial charge on any atom is -0.462 e. The summed E-state index contributed by atoms with van der Waals surface area (Å²) < 4.78 is 4.96. The Morgan fingerprint density at radius 3 is 2.67 bits per heavy atom. The van der Waals surface area contributed by atoms with Crippen LogP contribution in [0.2, 0.25) is 0 Å². The molecule has 0 saturated heterocycles. The van der Waals surface area contributed by atoms with E-state index in [-0.39, 0.29) is 19.1 Å². The lowest BCUT2D eigenvalue weighted by Crippen LogP contribution is -2.35. The molecule has 0 aromatic heterocycles. The number of nitrogens with two attached hydrogens (primary N) is 1. The summed E-state index contributed by atoms with van der Waals surface area (Å²) in [6.45, 7) is 4.89. The van der Waals surface area contributed by atoms with Crippen molar-refractivity contribution in [3.8, 4) is 0 Å². The number of carbonyl (C=O) groups is 2. The summed E-state index contributed by atoms with van der Waals surface area (Å²) in [5.74, 6) is -0.519. The number of nitrogen functional groups attached to an aromatic ring is 1. The summed E-state index contributed by atoms with van der Waals surface area (Å²) in [4.78, 5) is 25.3. The SMILES string of the molecule is CCCNC(=O)CN(C)c1ccc(N)c(C(=O)OCC)c1. The van der Waals surface area contributed by atoms with E-state index >= 15 is 0 Å². The molecule has 3 N–H and O–H groups in total. The second-order valence-corrected chi connectivity index (χ2v) is 4.70. The monoisotopic (exact) mass is 293 g/mol. The van der Waals surface area contributed by atoms with Crippen LogP contribution in [0.15, 0.2) is 18.2 Å². The zero-order valence-electron chi connectivity index (χ0n) is 12.8. The van der Waals surface area contributed by atoms with Gasteiger partial charge in [0.05, 0.1) is 18.7 Å². The molecular weight excluding hydrogens is 270 g/mol. The molecule has 1 rings (SSSR count). The first-order valence-corrected chi connectivity index (χ1v) is 7.04. The molecule has 0 fully saturated rings. The van der Waals surface area contributed by atoms with Crippen LogP contribution in [0.25, 0.3) is 0 Å². The summed E-state index contributed by atoms with van der Waals surface area (Å²) in [6.07, 6.45) is 0.893. The third-order valence-corrected chi connectivity index (χ3v) is 2.93. The highest BCUT2D eigenvalue weighted by Crippen LogP contribution is 2.21. The fraction of sp³-hybridized carbons (Fsp3) is 0.467. The molecule has 0 heterocycles. The molecule has 0 saturated carbocycles. The van der Waals surface area contributed by atoms with Crippen molar-refractivity contribution in [2.75, 3.05) is 37.4 Å². The molecule has 1 aromatic carbocycles. The van der Waals surface area contributed by atoms with Gasteiger partial charge in [0.25, 0.3) is 0 Å². The predicted octanol–water partition coefficient (Wildman–Crippen LogP) is 1.41. The van der Waals surface area contributed by atoms with Gasteiger partial charge in [-0.25, -0.2) is 4.79 Å². The molecule has 6 heteroatoms. The van der Waals surface area contributed by atoms with Gasteiger partial charge in [-0.05, 0) is 31.5 Å². The lowest BCUT2D eigenvalue weighted by Gasteiger charge is -2.20. The third-order valence-electron chi connectivity index (χ3n) is 2.93. The van der Waals surface area contributed by atoms with E-state index in [0.29, 0.717) is 17.8 Å². The fourth-order valence-corrected chi connectivity index (χ4v) is 1.79. The molecule has 1 amide bonds. The van der Waals surface area contributed by atoms with Crippen molar-refractivity contribution < 1.29 is 14.3 Å². The van der Waals surface area contributed by atoms with Crippen LogP contribution in [0.3, 0.4) is 0 Å². The van der Waals surface area contributed by atoms with E-state index in [0.717, 1.165) is 12.1 Å². The molecule has 1 aromatic rings. The highest BCUT2D eigenvalue weighted by atomic mass is 16.5. The van der Waals surface area contributed by atoms with Gasteiger partial charge in [-0.2, -0.15) is 0 Å². The van der Waals surface area contributed by atoms with E-state index in [1.807, 2.05) is 6.92 Å². The van der Waals surface area contributed by atoms with Crippen LogP contribution in [0.5, 0.6) is 0 Å². The lowest BCUT2D eigenvalue weighted by molar-refractivity contribution is -0.119. The molecule has 0 aliphatic heterocycles. The fourth-order valence-electron chi connectivity index (χ4n) is 1.79. The van der Waals surface area contributed by atoms with Gasteiger partial charge in [0, 0.05) is 25.0 Å². The van der Waals surface area contributed by atoms with E-state index in [1.165, 1.54) is 0 Å². The maximum Gasteiger partial charge on any atom is 0.340 e. The number of benzene rings is 1. The summed E-state index contributed by atoms with van der Waals surface area (Å²) in [6, 6.07) is 5.05. The Bertz CT molecular complexity index is 503. The van der Waals surface area contributed by atoms with Gasteiger partial charge in [0.1, 0.15) is 0 Å². The highest BCUT2D eigenvalue weighted by Gasteiger charge is 2.14. The number of esters is 1. The Labute approximate surface area is 125 Å². The first-order valence-electron chi connectivity index (χ1n) is 7.04. The van der Waals surface area contributed by atoms with Gasteiger partial charge >= 0.3 is 5.97 Å². The van der Waals surface area contributed by atoms with E-state index in [4.69, 9.17) is 10.5 Å². The normalized spacial score (nSPS) is 10.0. The van der Waals surface area contributed by atoms with Crippen LogP contribution in [-0.4, -0.2) is 38.6 Å². The molecule has 0 aliphatic carbocycles. The molecule has 0 atom stereocenters. The van der Waals surface area contributed by atoms with Crippen LogP contribution >= 0.6 is 0 Å². The zero-order valence-corrected chi connectivity index (χ0v) is 12.8. The summed E-state index contributed by atoms with van der Waals surface area (Å²) >= 11 is 0. The lowest BCUT2D eigenvalue weighted by atomic mass is 10.1. The van der Waals surface area contributed by atoms with Crippen molar-refractivity contribution >= 4 is 23.3 Å². The van der Waals surface area contributed by atoms with Gasteiger partial charge in [0.15, 0.2) is 0 Å². The predicted molar refractivity (Wildman–Crippen MR) is 83.4 cm³/mol. The molecule has 21 heavy (non-hydrogen) atoms. The van der Waals surface area contributed by atoms with Gasteiger partial charge in [0.2, 0.25) is 5.91 Å². The van der Waals surface area contributed by atoms with Crippen LogP contribution in [0, 0.1) is 0 Å². The average Bonchev–Trinajstić information content (AvgIpc) is 2.45. The zero-order chi connectivity index (χ0) is 15.8. The molecular formula is C15H23N3O3. The van der Waals surface area contributed by atoms with Gasteiger partial charge in [-0.1, -0.05) is 6.92 Å². The van der Waals surface area contributed by atoms with Crippen LogP contribution < -0.4 is 16.0 Å². The number of ether oxygens (including phenoxy) is 1. The maximum absolute atomic E-state index is 11.8. The number of rotatable bonds is 7. The van der Waals surface area contributed by atoms with Crippen LogP contribution in [0.4, 0.5) is 11.4 Å². The number of anilines is 2. The highest BCUT2D eigenvalue weighted by molar-refractivity contribution is 5.96. The number of amides is 1. The number of nitrogens with one attached hydrogen (secondary N) is 1. The van der Waals surface area contributed by atoms with Gasteiger partial charge < -0.3 is 20.7 Å². The van der Waals surface area contributed by atoms with Gasteiger partial charge in [-0.3, -0.25) is 4.79 Å². The van der Waals surface area contributed by atoms with E-state index in [9.17, 15) is 9.59 Å². The Morgan fingerprint density at radius 1 is 1.33 bits per heavy atom. The summed E-state index contributed by atoms with van der Waals surface area (Å²) in [5, 5.41) is 2.81. The Morgan fingerprint density at radius 2 is 2.05 bits per heavy atom. The second kappa shape index (κ2) is 8.14. The molecule has 0 radical (unpaired) electrons. The molecule has 0 spiro atoms. The third kappa shape index (κ3) is 4.98. The largest absolute Gasteiger partial charge is 0.462 e. The topological polar surface area (TPSA) is 84.7 Å². The number of hydrogen-bond acceptors (Lipinski definition) is 5. The Hall–Kier alpha value is -2.24. The first-order chi connectivity index (χ1) is 9.99. The van der Waals surface area contributed by atoms with Gasteiger partial charge in [-0.15, -0.1) is 0 Å². The second-order valence-electron chi connectivity index (χ2n) is 4.70. The van der Waals surface area contributed by atoms with E-state index in [2.05, 4.69) is 5.32 Å². The van der Waals surface area contributed by atoms with Crippen molar-refractivity contribution in [1.82, 2.24) is 5.32 Å². The standard InChI is InChI=1S/C15H23N3O3/c1-4-8-17-14(19)10-18(3)11-6-7-13(16)12(9-11)15(20)21-5-2/h6-7,9H,4-5,8,10,16H2,1-3H3,(H,17,19). The first kappa shape index (κ1) is 16.8. The molecule has 0 unspecified atom stereocenters. The molecule has 116 valence electrons. The molecule has 0 aliphatic rings. The number of likely N-dealkylation sites (N-methyl/N-ethyl adjacent to an activating group) is 1. The van der Waals surface area contributed by atoms with E-state index in [1.54, 1.807) is 37.1 Å². The molecule has 0 bridgehead atoms. The smallest absolute Gasteiger partial charge is 0.340 e. The van der Waals surface area contributed by atoms with Crippen molar-refractivity contribution in [3.63, 3.8) is 0 Å². The van der Waals surface area contributed by atoms with Crippen molar-refractivity contribution in [3.05, 3.63) is 23.8 Å². The average molecular weight is 293 g/mol. The van der Waals surface area contributed by atoms with Crippen molar-refractivity contribution in [2.45, 2.75) is 20.3 Å². The number of hydrogen-bond donors (Lipinski definition) is 2. The minimum absolute atomic E-state index is 0.0612. The number of carbonyl (C=O) groups excluding carboxylic acids is 2. The Balaban J connectivity index is 2.81. The number of nitrogens with zero attached hydrogens (tertiary/aromatic N) is 1. The molecule has 6 nitrogen and oxygen atoms in total. The summed E-state index contributed by atoms with van der Waals surface area (Å²) in [5.41, 5.74) is 7.20. The van der Waals surface area contributed by atoms with Crippen LogP contribution in [0.1, 0.15) is 30.6 Å². The maximum atomic E-state index is 11.8. The minimum atomic E-state index is -0.458. The van der Waals surface area contributed by atoms with E-state index < -0.39 is 5.97 Å².